The summed E-state index contributed by atoms with van der Waals surface area (Å²) in [4.78, 5) is 11.8. The van der Waals surface area contributed by atoms with Crippen LogP contribution in [0.5, 0.6) is 0 Å². The standard InChI is InChI=1S/C16H17F2N3O3/c1-2-12-20-21-13(24-12)10-4-6-11(7-5-10)19-14(22)16(17,18)15(23)8-3-9-15/h4-7,23H,2-3,8-9H2,1H3,(H,19,22). The van der Waals surface area contributed by atoms with Gasteiger partial charge < -0.3 is 14.8 Å². The highest BCUT2D eigenvalue weighted by atomic mass is 19.3. The van der Waals surface area contributed by atoms with Crippen molar-refractivity contribution < 1.29 is 23.1 Å². The smallest absolute Gasteiger partial charge is 0.352 e. The average Bonchev–Trinajstić information content (AvgIpc) is 3.02. The summed E-state index contributed by atoms with van der Waals surface area (Å²) in [5, 5.41) is 19.6. The molecule has 0 aliphatic heterocycles. The van der Waals surface area contributed by atoms with Crippen LogP contribution in [-0.2, 0) is 11.2 Å². The Morgan fingerprint density at radius 2 is 2.00 bits per heavy atom. The van der Waals surface area contributed by atoms with E-state index in [4.69, 9.17) is 4.42 Å². The first-order valence-corrected chi connectivity index (χ1v) is 7.70. The summed E-state index contributed by atoms with van der Waals surface area (Å²) in [7, 11) is 0. The van der Waals surface area contributed by atoms with E-state index in [1.807, 2.05) is 6.92 Å². The van der Waals surface area contributed by atoms with E-state index in [0.29, 0.717) is 30.2 Å². The van der Waals surface area contributed by atoms with E-state index in [9.17, 15) is 18.7 Å². The molecule has 8 heteroatoms. The van der Waals surface area contributed by atoms with Crippen LogP contribution in [0.3, 0.4) is 0 Å². The maximum Gasteiger partial charge on any atom is 0.352 e. The van der Waals surface area contributed by atoms with Gasteiger partial charge in [-0.1, -0.05) is 6.92 Å². The number of halogens is 2. The molecule has 1 aliphatic rings. The number of aromatic nitrogens is 2. The summed E-state index contributed by atoms with van der Waals surface area (Å²) in [5.74, 6) is -4.52. The molecule has 2 N–H and O–H groups in total. The lowest BCUT2D eigenvalue weighted by atomic mass is 9.75. The zero-order valence-corrected chi connectivity index (χ0v) is 13.1. The molecule has 0 spiro atoms. The largest absolute Gasteiger partial charge is 0.421 e. The van der Waals surface area contributed by atoms with Crippen molar-refractivity contribution in [1.82, 2.24) is 10.2 Å². The van der Waals surface area contributed by atoms with Crippen LogP contribution in [0.4, 0.5) is 14.5 Å². The van der Waals surface area contributed by atoms with Gasteiger partial charge in [-0.15, -0.1) is 10.2 Å². The quantitative estimate of drug-likeness (QED) is 0.876. The lowest BCUT2D eigenvalue weighted by Gasteiger charge is -2.41. The van der Waals surface area contributed by atoms with E-state index < -0.39 is 17.4 Å². The molecule has 1 aromatic heterocycles. The van der Waals surface area contributed by atoms with Crippen molar-refractivity contribution in [2.24, 2.45) is 0 Å². The summed E-state index contributed by atoms with van der Waals surface area (Å²) in [6.45, 7) is 1.88. The zero-order valence-electron chi connectivity index (χ0n) is 13.1. The second-order valence-electron chi connectivity index (χ2n) is 5.85. The van der Waals surface area contributed by atoms with Gasteiger partial charge in [0.25, 0.3) is 5.91 Å². The van der Waals surface area contributed by atoms with Crippen molar-refractivity contribution >= 4 is 11.6 Å². The lowest BCUT2D eigenvalue weighted by molar-refractivity contribution is -0.212. The molecule has 2 aromatic rings. The van der Waals surface area contributed by atoms with E-state index in [1.165, 1.54) is 12.1 Å². The number of hydrogen-bond acceptors (Lipinski definition) is 5. The molecule has 128 valence electrons. The number of aryl methyl sites for hydroxylation is 1. The minimum Gasteiger partial charge on any atom is -0.421 e. The van der Waals surface area contributed by atoms with Crippen molar-refractivity contribution in [3.8, 4) is 11.5 Å². The predicted molar refractivity (Wildman–Crippen MR) is 81.5 cm³/mol. The normalized spacial score (nSPS) is 16.5. The first-order valence-electron chi connectivity index (χ1n) is 7.70. The molecule has 0 unspecified atom stereocenters. The molecule has 1 saturated carbocycles. The zero-order chi connectivity index (χ0) is 17.4. The molecule has 1 amide bonds. The highest BCUT2D eigenvalue weighted by molar-refractivity contribution is 5.97. The molecular weight excluding hydrogens is 320 g/mol. The lowest BCUT2D eigenvalue weighted by Crippen LogP contribution is -2.59. The van der Waals surface area contributed by atoms with Gasteiger partial charge in [0.05, 0.1) is 0 Å². The van der Waals surface area contributed by atoms with Crippen LogP contribution in [0.25, 0.3) is 11.5 Å². The van der Waals surface area contributed by atoms with Crippen LogP contribution in [0.1, 0.15) is 32.1 Å². The molecule has 0 saturated heterocycles. The summed E-state index contributed by atoms with van der Waals surface area (Å²) >= 11 is 0. The number of rotatable bonds is 5. The summed E-state index contributed by atoms with van der Waals surface area (Å²) < 4.78 is 33.4. The van der Waals surface area contributed by atoms with Gasteiger partial charge in [0.15, 0.2) is 0 Å². The van der Waals surface area contributed by atoms with Crippen LogP contribution < -0.4 is 5.32 Å². The fourth-order valence-electron chi connectivity index (χ4n) is 2.46. The van der Waals surface area contributed by atoms with Crippen LogP contribution in [0, 0.1) is 0 Å². The minimum absolute atomic E-state index is 0.0801. The number of carbonyl (C=O) groups excluding carboxylic acids is 1. The Hall–Kier alpha value is -2.35. The van der Waals surface area contributed by atoms with Crippen LogP contribution in [0.15, 0.2) is 28.7 Å². The molecule has 6 nitrogen and oxygen atoms in total. The number of nitrogens with zero attached hydrogens (tertiary/aromatic N) is 2. The minimum atomic E-state index is -3.83. The first-order chi connectivity index (χ1) is 11.4. The van der Waals surface area contributed by atoms with Crippen molar-refractivity contribution in [3.05, 3.63) is 30.2 Å². The molecule has 1 heterocycles. The molecule has 1 aromatic carbocycles. The number of anilines is 1. The SMILES string of the molecule is CCc1nnc(-c2ccc(NC(=O)C(F)(F)C3(O)CCC3)cc2)o1. The van der Waals surface area contributed by atoms with Gasteiger partial charge in [0, 0.05) is 17.7 Å². The fourth-order valence-corrected chi connectivity index (χ4v) is 2.46. The molecular formula is C16H17F2N3O3. The number of amides is 1. The Balaban J connectivity index is 1.71. The molecule has 1 fully saturated rings. The Kier molecular flexibility index (Phi) is 4.08. The Bertz CT molecular complexity index is 739. The second-order valence-corrected chi connectivity index (χ2v) is 5.85. The van der Waals surface area contributed by atoms with Gasteiger partial charge in [-0.2, -0.15) is 8.78 Å². The third kappa shape index (κ3) is 2.77. The van der Waals surface area contributed by atoms with E-state index in [0.717, 1.165) is 0 Å². The van der Waals surface area contributed by atoms with Crippen molar-refractivity contribution in [2.75, 3.05) is 5.32 Å². The number of carbonyl (C=O) groups is 1. The number of nitrogens with one attached hydrogen (secondary N) is 1. The van der Waals surface area contributed by atoms with Crippen molar-refractivity contribution in [1.29, 1.82) is 0 Å². The molecule has 24 heavy (non-hydrogen) atoms. The van der Waals surface area contributed by atoms with Gasteiger partial charge in [0.1, 0.15) is 5.60 Å². The Labute approximate surface area is 136 Å². The molecule has 1 aliphatic carbocycles. The van der Waals surface area contributed by atoms with Crippen LogP contribution in [-0.4, -0.2) is 32.7 Å². The maximum atomic E-state index is 14.0. The number of alkyl halides is 2. The van der Waals surface area contributed by atoms with E-state index in [-0.39, 0.29) is 18.5 Å². The number of hydrogen-bond donors (Lipinski definition) is 2. The van der Waals surface area contributed by atoms with E-state index in [2.05, 4.69) is 15.5 Å². The number of benzene rings is 1. The molecule has 0 radical (unpaired) electrons. The predicted octanol–water partition coefficient (Wildman–Crippen LogP) is 2.79. The third-order valence-electron chi connectivity index (χ3n) is 4.21. The summed E-state index contributed by atoms with van der Waals surface area (Å²) in [6.07, 6.45) is 0.934. The molecule has 0 bridgehead atoms. The highest BCUT2D eigenvalue weighted by Gasteiger charge is 2.61. The van der Waals surface area contributed by atoms with E-state index >= 15 is 0 Å². The monoisotopic (exact) mass is 337 g/mol. The average molecular weight is 337 g/mol. The second kappa shape index (κ2) is 5.94. The van der Waals surface area contributed by atoms with Gasteiger partial charge in [0.2, 0.25) is 11.8 Å². The Morgan fingerprint density at radius 3 is 2.50 bits per heavy atom. The van der Waals surface area contributed by atoms with Crippen molar-refractivity contribution in [3.63, 3.8) is 0 Å². The summed E-state index contributed by atoms with van der Waals surface area (Å²) in [5.41, 5.74) is -1.43. The molecule has 3 rings (SSSR count). The topological polar surface area (TPSA) is 88.2 Å². The highest BCUT2D eigenvalue weighted by Crippen LogP contribution is 2.44. The van der Waals surface area contributed by atoms with Gasteiger partial charge >= 0.3 is 5.92 Å². The van der Waals surface area contributed by atoms with Crippen LogP contribution in [0.2, 0.25) is 0 Å². The van der Waals surface area contributed by atoms with Crippen LogP contribution >= 0.6 is 0 Å². The third-order valence-corrected chi connectivity index (χ3v) is 4.21. The van der Waals surface area contributed by atoms with Gasteiger partial charge in [-0.3, -0.25) is 4.79 Å². The Morgan fingerprint density at radius 1 is 1.33 bits per heavy atom. The molecule has 0 atom stereocenters. The number of aliphatic hydroxyl groups is 1. The maximum absolute atomic E-state index is 14.0. The van der Waals surface area contributed by atoms with Gasteiger partial charge in [-0.25, -0.2) is 0 Å². The van der Waals surface area contributed by atoms with E-state index in [1.54, 1.807) is 12.1 Å². The van der Waals surface area contributed by atoms with Gasteiger partial charge in [-0.05, 0) is 43.5 Å². The van der Waals surface area contributed by atoms with Crippen molar-refractivity contribution in [2.45, 2.75) is 44.1 Å². The fraction of sp³-hybridized carbons (Fsp3) is 0.438. The first kappa shape index (κ1) is 16.5. The summed E-state index contributed by atoms with van der Waals surface area (Å²) in [6, 6.07) is 6.09.